The molecule has 2 atom stereocenters. The second-order valence-corrected chi connectivity index (χ2v) is 5.20. The molecule has 116 valence electrons. The summed E-state index contributed by atoms with van der Waals surface area (Å²) in [6.45, 7) is 1.18. The van der Waals surface area contributed by atoms with E-state index < -0.39 is 7.12 Å². The third-order valence-electron chi connectivity index (χ3n) is 3.70. The van der Waals surface area contributed by atoms with Crippen LogP contribution in [0.15, 0.2) is 0 Å². The molecule has 0 bridgehead atoms. The maximum atomic E-state index is 8.75. The Morgan fingerprint density at radius 3 is 2.55 bits per heavy atom. The fraction of sp³-hybridized carbons (Fsp3) is 0.923. The molecule has 1 fully saturated rings. The van der Waals surface area contributed by atoms with Gasteiger partial charge in [-0.05, 0) is 52.0 Å². The van der Waals surface area contributed by atoms with Gasteiger partial charge in [0.2, 0.25) is 0 Å². The number of hydrogen-bond donors (Lipinski definition) is 4. The van der Waals surface area contributed by atoms with Gasteiger partial charge in [-0.2, -0.15) is 9.59 Å². The van der Waals surface area contributed by atoms with Crippen LogP contribution in [-0.4, -0.2) is 49.0 Å². The fourth-order valence-corrected chi connectivity index (χ4v) is 2.56. The van der Waals surface area contributed by atoms with E-state index in [1.807, 2.05) is 7.05 Å². The van der Waals surface area contributed by atoms with Gasteiger partial charge in [-0.3, -0.25) is 0 Å². The average molecular weight is 286 g/mol. The van der Waals surface area contributed by atoms with Crippen molar-refractivity contribution in [3.8, 4) is 0 Å². The first kappa shape index (κ1) is 19.3. The first-order chi connectivity index (χ1) is 9.63. The maximum Gasteiger partial charge on any atom is 0.451 e. The first-order valence-electron chi connectivity index (χ1n) is 7.40. The minimum atomic E-state index is -1.13. The molecule has 1 heterocycles. The van der Waals surface area contributed by atoms with E-state index >= 15 is 0 Å². The molecule has 1 unspecified atom stereocenters. The first-order valence-corrected chi connectivity index (χ1v) is 7.40. The third kappa shape index (κ3) is 11.1. The SMILES string of the molecule is CNC(CCCCB(O)O)CC[C@@H]1CCCN1.O=C=O. The molecule has 4 N–H and O–H groups in total. The summed E-state index contributed by atoms with van der Waals surface area (Å²) >= 11 is 0. The third-order valence-corrected chi connectivity index (χ3v) is 3.70. The van der Waals surface area contributed by atoms with Crippen LogP contribution in [0.1, 0.15) is 44.9 Å². The predicted molar refractivity (Wildman–Crippen MR) is 77.0 cm³/mol. The van der Waals surface area contributed by atoms with E-state index in [-0.39, 0.29) is 6.15 Å². The molecule has 6 nitrogen and oxygen atoms in total. The van der Waals surface area contributed by atoms with Crippen LogP contribution >= 0.6 is 0 Å². The van der Waals surface area contributed by atoms with E-state index in [4.69, 9.17) is 19.6 Å². The van der Waals surface area contributed by atoms with E-state index in [9.17, 15) is 0 Å². The number of rotatable bonds is 9. The molecule has 0 aromatic carbocycles. The van der Waals surface area contributed by atoms with Gasteiger partial charge >= 0.3 is 13.3 Å². The number of hydrogen-bond acceptors (Lipinski definition) is 6. The van der Waals surface area contributed by atoms with E-state index in [0.717, 1.165) is 25.3 Å². The van der Waals surface area contributed by atoms with Crippen LogP contribution in [0, 0.1) is 0 Å². The molecule has 0 spiro atoms. The Morgan fingerprint density at radius 2 is 2.05 bits per heavy atom. The summed E-state index contributed by atoms with van der Waals surface area (Å²) in [5, 5.41) is 24.4. The fourth-order valence-electron chi connectivity index (χ4n) is 2.56. The second kappa shape index (κ2) is 13.3. The van der Waals surface area contributed by atoms with Crippen LogP contribution in [0.2, 0.25) is 6.32 Å². The highest BCUT2D eigenvalue weighted by Gasteiger charge is 2.16. The Hall–Kier alpha value is -0.715. The Balaban J connectivity index is 0.00000110. The zero-order chi connectivity index (χ0) is 15.2. The highest BCUT2D eigenvalue weighted by atomic mass is 16.4. The average Bonchev–Trinajstić information content (AvgIpc) is 2.92. The summed E-state index contributed by atoms with van der Waals surface area (Å²) in [5.74, 6) is 0. The monoisotopic (exact) mass is 286 g/mol. The number of carbonyl (C=O) groups excluding carboxylic acids is 2. The van der Waals surface area contributed by atoms with Crippen molar-refractivity contribution in [1.82, 2.24) is 10.6 Å². The molecule has 7 heteroatoms. The van der Waals surface area contributed by atoms with Gasteiger partial charge in [-0.1, -0.05) is 12.8 Å². The Morgan fingerprint density at radius 1 is 1.35 bits per heavy atom. The van der Waals surface area contributed by atoms with Gasteiger partial charge in [-0.15, -0.1) is 0 Å². The molecule has 1 aliphatic rings. The number of unbranched alkanes of at least 4 members (excludes halogenated alkanes) is 1. The van der Waals surface area contributed by atoms with Crippen molar-refractivity contribution in [2.24, 2.45) is 0 Å². The lowest BCUT2D eigenvalue weighted by molar-refractivity contribution is -0.191. The van der Waals surface area contributed by atoms with Crippen molar-refractivity contribution in [2.75, 3.05) is 13.6 Å². The van der Waals surface area contributed by atoms with E-state index in [2.05, 4.69) is 10.6 Å². The van der Waals surface area contributed by atoms with E-state index in [1.54, 1.807) is 0 Å². The maximum absolute atomic E-state index is 8.75. The highest BCUT2D eigenvalue weighted by molar-refractivity contribution is 6.40. The molecule has 1 saturated heterocycles. The molecule has 0 amide bonds. The van der Waals surface area contributed by atoms with Crippen molar-refractivity contribution in [1.29, 1.82) is 0 Å². The lowest BCUT2D eigenvalue weighted by atomic mass is 9.83. The van der Waals surface area contributed by atoms with Crippen LogP contribution in [0.25, 0.3) is 0 Å². The summed E-state index contributed by atoms with van der Waals surface area (Å²) in [4.78, 5) is 16.2. The van der Waals surface area contributed by atoms with Crippen molar-refractivity contribution in [2.45, 2.75) is 63.3 Å². The quantitative estimate of drug-likeness (QED) is 0.356. The molecule has 1 aliphatic heterocycles. The molecule has 20 heavy (non-hydrogen) atoms. The minimum absolute atomic E-state index is 0.250. The molecule has 0 radical (unpaired) electrons. The lowest BCUT2D eigenvalue weighted by Crippen LogP contribution is -2.29. The minimum Gasteiger partial charge on any atom is -0.427 e. The van der Waals surface area contributed by atoms with E-state index in [1.165, 1.54) is 32.2 Å². The van der Waals surface area contributed by atoms with Gasteiger partial charge in [-0.25, -0.2) is 0 Å². The zero-order valence-electron chi connectivity index (χ0n) is 12.3. The van der Waals surface area contributed by atoms with Gasteiger partial charge in [0, 0.05) is 12.1 Å². The van der Waals surface area contributed by atoms with Crippen LogP contribution in [0.3, 0.4) is 0 Å². The lowest BCUT2D eigenvalue weighted by Gasteiger charge is -2.18. The summed E-state index contributed by atoms with van der Waals surface area (Å²) in [7, 11) is 0.888. The van der Waals surface area contributed by atoms with Crippen molar-refractivity contribution in [3.63, 3.8) is 0 Å². The van der Waals surface area contributed by atoms with Crippen LogP contribution in [0.5, 0.6) is 0 Å². The van der Waals surface area contributed by atoms with Crippen LogP contribution in [-0.2, 0) is 9.59 Å². The summed E-state index contributed by atoms with van der Waals surface area (Å²) in [5.41, 5.74) is 0. The second-order valence-electron chi connectivity index (χ2n) is 5.20. The van der Waals surface area contributed by atoms with Gasteiger partial charge in [0.25, 0.3) is 0 Å². The van der Waals surface area contributed by atoms with Crippen molar-refractivity contribution < 1.29 is 19.6 Å². The van der Waals surface area contributed by atoms with Gasteiger partial charge in [0.15, 0.2) is 0 Å². The molecule has 0 aromatic rings. The summed E-state index contributed by atoms with van der Waals surface area (Å²) < 4.78 is 0. The Bertz CT molecular complexity index is 255. The van der Waals surface area contributed by atoms with Gasteiger partial charge < -0.3 is 20.7 Å². The Labute approximate surface area is 121 Å². The van der Waals surface area contributed by atoms with Crippen molar-refractivity contribution in [3.05, 3.63) is 0 Å². The summed E-state index contributed by atoms with van der Waals surface area (Å²) in [6, 6.07) is 1.30. The molecule has 1 rings (SSSR count). The standard InChI is InChI=1S/C12H27BN2O2.CO2/c1-14-11(5-2-3-9-13(16)17)7-8-12-6-4-10-15-12;2-1-3/h11-12,14-17H,2-10H2,1H3;/t11?,12-;/m0./s1. The molecule has 0 aliphatic carbocycles. The highest BCUT2D eigenvalue weighted by Crippen LogP contribution is 2.15. The van der Waals surface area contributed by atoms with Gasteiger partial charge in [0.05, 0.1) is 0 Å². The molecular weight excluding hydrogens is 259 g/mol. The van der Waals surface area contributed by atoms with Crippen LogP contribution < -0.4 is 10.6 Å². The molecular formula is C13H27BN2O4. The smallest absolute Gasteiger partial charge is 0.427 e. The normalized spacial score (nSPS) is 18.9. The largest absolute Gasteiger partial charge is 0.451 e. The molecule has 0 saturated carbocycles. The van der Waals surface area contributed by atoms with Gasteiger partial charge in [0.1, 0.15) is 0 Å². The molecule has 0 aromatic heterocycles. The van der Waals surface area contributed by atoms with Crippen molar-refractivity contribution >= 4 is 13.3 Å². The number of nitrogens with one attached hydrogen (secondary N) is 2. The summed E-state index contributed by atoms with van der Waals surface area (Å²) in [6.07, 6.45) is 8.98. The Kier molecular flexibility index (Phi) is 12.8. The van der Waals surface area contributed by atoms with E-state index in [0.29, 0.717) is 12.4 Å². The van der Waals surface area contributed by atoms with Crippen LogP contribution in [0.4, 0.5) is 0 Å². The topological polar surface area (TPSA) is 98.7 Å². The zero-order valence-corrected chi connectivity index (χ0v) is 12.3. The predicted octanol–water partition coefficient (Wildman–Crippen LogP) is 0.166.